The molecule has 1 fully saturated rings. The molecule has 2 aromatic heterocycles. The summed E-state index contributed by atoms with van der Waals surface area (Å²) < 4.78 is 1.50. The van der Waals surface area contributed by atoms with Gasteiger partial charge >= 0.3 is 5.69 Å². The Hall–Kier alpha value is -3.73. The normalized spacial score (nSPS) is 14.5. The minimum absolute atomic E-state index is 0.170. The predicted molar refractivity (Wildman–Crippen MR) is 146 cm³/mol. The number of nitrogens with two attached hydrogens (primary N) is 1. The lowest BCUT2D eigenvalue weighted by molar-refractivity contribution is 0.638. The highest BCUT2D eigenvalue weighted by atomic mass is 16.1. The molecule has 0 aliphatic heterocycles. The summed E-state index contributed by atoms with van der Waals surface area (Å²) >= 11 is 0. The van der Waals surface area contributed by atoms with Crippen molar-refractivity contribution in [3.05, 3.63) is 118 Å². The summed E-state index contributed by atoms with van der Waals surface area (Å²) in [7, 11) is 0. The highest BCUT2D eigenvalue weighted by molar-refractivity contribution is 5.43. The van der Waals surface area contributed by atoms with Crippen LogP contribution in [-0.4, -0.2) is 14.5 Å². The summed E-state index contributed by atoms with van der Waals surface area (Å²) in [5.41, 5.74) is 12.0. The number of aromatic nitrogens is 3. The van der Waals surface area contributed by atoms with E-state index < -0.39 is 0 Å². The lowest BCUT2D eigenvalue weighted by Crippen LogP contribution is -2.22. The number of benzene rings is 2. The molecular weight excluding hydrogens is 444 g/mol. The van der Waals surface area contributed by atoms with Crippen LogP contribution < -0.4 is 11.4 Å². The van der Waals surface area contributed by atoms with Gasteiger partial charge in [0.2, 0.25) is 0 Å². The maximum atomic E-state index is 12.2. The Labute approximate surface area is 213 Å². The molecule has 1 saturated carbocycles. The van der Waals surface area contributed by atoms with Gasteiger partial charge in [0.25, 0.3) is 0 Å². The summed E-state index contributed by atoms with van der Waals surface area (Å²) in [4.78, 5) is 20.9. The number of hydrogen-bond donors (Lipinski definition) is 1. The number of nitrogens with zero attached hydrogens (tertiary/aromatic N) is 3. The second-order valence-electron chi connectivity index (χ2n) is 10.6. The second-order valence-corrected chi connectivity index (χ2v) is 10.6. The van der Waals surface area contributed by atoms with Gasteiger partial charge in [0.15, 0.2) is 0 Å². The molecule has 36 heavy (non-hydrogen) atoms. The van der Waals surface area contributed by atoms with Crippen LogP contribution in [0.1, 0.15) is 67.6 Å². The van der Waals surface area contributed by atoms with Crippen molar-refractivity contribution in [1.29, 1.82) is 0 Å². The first kappa shape index (κ1) is 24.0. The molecule has 1 aliphatic carbocycles. The number of nitrogen functional groups attached to an aromatic ring is 1. The summed E-state index contributed by atoms with van der Waals surface area (Å²) in [6, 6.07) is 25.1. The smallest absolute Gasteiger partial charge is 0.354 e. The fourth-order valence-electron chi connectivity index (χ4n) is 4.91. The van der Waals surface area contributed by atoms with E-state index in [2.05, 4.69) is 80.4 Å². The minimum Gasteiger partial charge on any atom is -0.383 e. The number of aryl methyl sites for hydroxylation is 2. The van der Waals surface area contributed by atoms with Crippen molar-refractivity contribution in [2.24, 2.45) is 5.92 Å². The summed E-state index contributed by atoms with van der Waals surface area (Å²) in [6.45, 7) is 6.77. The first-order chi connectivity index (χ1) is 17.3. The van der Waals surface area contributed by atoms with E-state index >= 15 is 0 Å². The summed E-state index contributed by atoms with van der Waals surface area (Å²) in [5, 5.41) is 0. The van der Waals surface area contributed by atoms with E-state index in [9.17, 15) is 4.79 Å². The molecule has 0 radical (unpaired) electrons. The molecule has 1 atom stereocenters. The maximum Gasteiger partial charge on any atom is 0.354 e. The molecule has 2 aromatic carbocycles. The van der Waals surface area contributed by atoms with E-state index in [1.54, 1.807) is 12.3 Å². The molecule has 2 N–H and O–H groups in total. The molecule has 5 nitrogen and oxygen atoms in total. The zero-order valence-corrected chi connectivity index (χ0v) is 21.3. The molecule has 0 amide bonds. The summed E-state index contributed by atoms with van der Waals surface area (Å²) in [5.74, 6) is 1.63. The van der Waals surface area contributed by atoms with Crippen molar-refractivity contribution in [3.63, 3.8) is 0 Å². The highest BCUT2D eigenvalue weighted by Crippen LogP contribution is 2.41. The van der Waals surface area contributed by atoms with Gasteiger partial charge in [-0.3, -0.25) is 9.55 Å². The van der Waals surface area contributed by atoms with Crippen molar-refractivity contribution in [3.8, 4) is 5.69 Å². The van der Waals surface area contributed by atoms with E-state index in [0.717, 1.165) is 24.4 Å². The first-order valence-electron chi connectivity index (χ1n) is 12.8. The number of hydrogen-bond acceptors (Lipinski definition) is 4. The van der Waals surface area contributed by atoms with Crippen LogP contribution in [0.4, 0.5) is 5.82 Å². The van der Waals surface area contributed by atoms with Crippen LogP contribution in [0.25, 0.3) is 5.69 Å². The van der Waals surface area contributed by atoms with Crippen molar-refractivity contribution in [2.45, 2.75) is 57.8 Å². The lowest BCUT2D eigenvalue weighted by Gasteiger charge is -2.26. The van der Waals surface area contributed by atoms with Gasteiger partial charge in [-0.05, 0) is 78.6 Å². The fourth-order valence-corrected chi connectivity index (χ4v) is 4.91. The van der Waals surface area contributed by atoms with Crippen molar-refractivity contribution < 1.29 is 0 Å². The van der Waals surface area contributed by atoms with Crippen LogP contribution in [0.2, 0.25) is 0 Å². The molecule has 1 aliphatic rings. The van der Waals surface area contributed by atoms with Crippen LogP contribution in [0.3, 0.4) is 0 Å². The lowest BCUT2D eigenvalue weighted by atomic mass is 9.78. The van der Waals surface area contributed by atoms with Gasteiger partial charge in [-0.1, -0.05) is 63.2 Å². The Kier molecular flexibility index (Phi) is 6.48. The molecule has 4 aromatic rings. The van der Waals surface area contributed by atoms with Crippen molar-refractivity contribution >= 4 is 5.82 Å². The summed E-state index contributed by atoms with van der Waals surface area (Å²) in [6.07, 6.45) is 6.28. The average Bonchev–Trinajstić information content (AvgIpc) is 3.73. The van der Waals surface area contributed by atoms with E-state index in [4.69, 9.17) is 10.7 Å². The molecule has 5 heteroatoms. The monoisotopic (exact) mass is 478 g/mol. The predicted octanol–water partition coefficient (Wildman–Crippen LogP) is 5.83. The molecular formula is C31H34N4O. The quantitative estimate of drug-likeness (QED) is 0.346. The third-order valence-electron chi connectivity index (χ3n) is 7.66. The SMILES string of the molecule is CC(c1cccc(CCc2ccc(C(C)(C)c3ccc(-n4ccc(N)nc4=O)cc3)cc2)n1)C1CC1. The molecule has 184 valence electrons. The van der Waals surface area contributed by atoms with Gasteiger partial charge < -0.3 is 5.73 Å². The fraction of sp³-hybridized carbons (Fsp3) is 0.323. The maximum absolute atomic E-state index is 12.2. The standard InChI is InChI=1S/C31H34N4O/c1-21(23-10-11-23)28-6-4-5-26(33-28)16-9-22-7-12-24(13-8-22)31(2,3)25-14-17-27(18-15-25)35-20-19-29(32)34-30(35)36/h4-8,12-15,17-21,23H,9-11,16H2,1-3H3,(H2,32,34,36). The zero-order chi connectivity index (χ0) is 25.3. The Balaban J connectivity index is 1.26. The Morgan fingerprint density at radius 1 is 0.917 bits per heavy atom. The van der Waals surface area contributed by atoms with E-state index in [1.165, 1.54) is 45.5 Å². The molecule has 0 saturated heterocycles. The third-order valence-corrected chi connectivity index (χ3v) is 7.66. The molecule has 0 bridgehead atoms. The molecule has 5 rings (SSSR count). The number of rotatable bonds is 8. The Morgan fingerprint density at radius 2 is 1.58 bits per heavy atom. The average molecular weight is 479 g/mol. The van der Waals surface area contributed by atoms with Gasteiger partial charge in [-0.25, -0.2) is 4.79 Å². The van der Waals surface area contributed by atoms with Crippen molar-refractivity contribution in [2.75, 3.05) is 5.73 Å². The van der Waals surface area contributed by atoms with Crippen LogP contribution in [0.15, 0.2) is 83.8 Å². The Morgan fingerprint density at radius 3 is 2.22 bits per heavy atom. The van der Waals surface area contributed by atoms with Crippen LogP contribution in [-0.2, 0) is 18.3 Å². The highest BCUT2D eigenvalue weighted by Gasteiger charge is 2.29. The first-order valence-corrected chi connectivity index (χ1v) is 12.8. The van der Waals surface area contributed by atoms with Gasteiger partial charge in [-0.2, -0.15) is 4.98 Å². The number of anilines is 1. The number of pyridine rings is 1. The minimum atomic E-state index is -0.378. The zero-order valence-electron chi connectivity index (χ0n) is 21.3. The van der Waals surface area contributed by atoms with Crippen LogP contribution >= 0.6 is 0 Å². The van der Waals surface area contributed by atoms with Gasteiger partial charge in [0.05, 0.1) is 5.69 Å². The second kappa shape index (κ2) is 9.73. The molecule has 1 unspecified atom stereocenters. The molecule has 0 spiro atoms. The van der Waals surface area contributed by atoms with E-state index in [0.29, 0.717) is 5.92 Å². The van der Waals surface area contributed by atoms with E-state index in [-0.39, 0.29) is 16.9 Å². The van der Waals surface area contributed by atoms with E-state index in [1.807, 2.05) is 12.1 Å². The molecule has 2 heterocycles. The van der Waals surface area contributed by atoms with Crippen LogP contribution in [0, 0.1) is 5.92 Å². The Bertz CT molecular complexity index is 1400. The van der Waals surface area contributed by atoms with Gasteiger partial charge in [-0.15, -0.1) is 0 Å². The van der Waals surface area contributed by atoms with Gasteiger partial charge in [0, 0.05) is 28.9 Å². The van der Waals surface area contributed by atoms with Gasteiger partial charge in [0.1, 0.15) is 5.82 Å². The topological polar surface area (TPSA) is 73.8 Å². The van der Waals surface area contributed by atoms with Crippen LogP contribution in [0.5, 0.6) is 0 Å². The third kappa shape index (κ3) is 5.11. The van der Waals surface area contributed by atoms with Crippen molar-refractivity contribution in [1.82, 2.24) is 14.5 Å². The largest absolute Gasteiger partial charge is 0.383 e.